The molecule has 0 bridgehead atoms. The molecule has 1 aromatic carbocycles. The molecule has 0 atom stereocenters. The van der Waals surface area contributed by atoms with Gasteiger partial charge < -0.3 is 15.5 Å². The van der Waals surface area contributed by atoms with Crippen molar-refractivity contribution in [1.82, 2.24) is 15.5 Å². The average molecular weight is 340 g/mol. The quantitative estimate of drug-likeness (QED) is 0.800. The summed E-state index contributed by atoms with van der Waals surface area (Å²) in [7, 11) is 0. The molecule has 130 valence electrons. The van der Waals surface area contributed by atoms with Gasteiger partial charge in [-0.05, 0) is 32.3 Å². The minimum absolute atomic E-state index is 0. The summed E-state index contributed by atoms with van der Waals surface area (Å²) < 4.78 is 0. The fourth-order valence-electron chi connectivity index (χ4n) is 2.77. The van der Waals surface area contributed by atoms with Gasteiger partial charge in [-0.3, -0.25) is 4.79 Å². The van der Waals surface area contributed by atoms with Crippen LogP contribution in [0.15, 0.2) is 30.3 Å². The number of aryl methyl sites for hydroxylation is 1. The van der Waals surface area contributed by atoms with E-state index in [1.54, 1.807) is 0 Å². The minimum Gasteiger partial charge on any atom is -0.340 e. The number of hydrogen-bond donors (Lipinski definition) is 2. The Kier molecular flexibility index (Phi) is 8.59. The van der Waals surface area contributed by atoms with Gasteiger partial charge in [0.25, 0.3) is 0 Å². The summed E-state index contributed by atoms with van der Waals surface area (Å²) in [5, 5.41) is 6.81. The molecule has 0 aliphatic carbocycles. The van der Waals surface area contributed by atoms with Crippen LogP contribution in [0.5, 0.6) is 0 Å². The lowest BCUT2D eigenvalue weighted by Gasteiger charge is -2.29. The molecule has 1 saturated heterocycles. The first-order chi connectivity index (χ1) is 10.6. The van der Waals surface area contributed by atoms with E-state index in [4.69, 9.17) is 0 Å². The van der Waals surface area contributed by atoms with Gasteiger partial charge >= 0.3 is 0 Å². The molecule has 0 saturated carbocycles. The Morgan fingerprint density at radius 1 is 1.22 bits per heavy atom. The number of nitrogens with zero attached hydrogens (tertiary/aromatic N) is 1. The van der Waals surface area contributed by atoms with Crippen molar-refractivity contribution in [2.75, 3.05) is 32.7 Å². The number of hydrogen-bond acceptors (Lipinski definition) is 3. The van der Waals surface area contributed by atoms with Crippen molar-refractivity contribution in [1.29, 1.82) is 0 Å². The first kappa shape index (κ1) is 19.9. The van der Waals surface area contributed by atoms with Crippen molar-refractivity contribution in [3.8, 4) is 0 Å². The van der Waals surface area contributed by atoms with Gasteiger partial charge in [0.15, 0.2) is 0 Å². The van der Waals surface area contributed by atoms with Crippen LogP contribution in [0, 0.1) is 0 Å². The molecule has 23 heavy (non-hydrogen) atoms. The van der Waals surface area contributed by atoms with Crippen molar-refractivity contribution >= 4 is 18.3 Å². The van der Waals surface area contributed by atoms with Crippen LogP contribution in [0.3, 0.4) is 0 Å². The molecule has 5 heteroatoms. The second kappa shape index (κ2) is 9.91. The Hall–Kier alpha value is -1.10. The Labute approximate surface area is 146 Å². The van der Waals surface area contributed by atoms with E-state index < -0.39 is 0 Å². The van der Waals surface area contributed by atoms with Gasteiger partial charge in [0.1, 0.15) is 0 Å². The standard InChI is InChI=1S/C18H29N3O.ClH/c1-18(2,10-8-16-6-4-3-5-7-16)20-11-9-17(22)21-14-12-19-13-15-21;/h3-7,19-20H,8-15H2,1-2H3;1H. The van der Waals surface area contributed by atoms with Crippen molar-refractivity contribution < 1.29 is 4.79 Å². The molecule has 0 radical (unpaired) electrons. The van der Waals surface area contributed by atoms with Gasteiger partial charge in [-0.1, -0.05) is 30.3 Å². The van der Waals surface area contributed by atoms with Crippen LogP contribution in [0.4, 0.5) is 0 Å². The number of halogens is 1. The molecule has 1 aliphatic rings. The maximum atomic E-state index is 12.1. The Morgan fingerprint density at radius 3 is 2.52 bits per heavy atom. The molecule has 4 nitrogen and oxygen atoms in total. The highest BCUT2D eigenvalue weighted by Crippen LogP contribution is 2.13. The van der Waals surface area contributed by atoms with E-state index in [0.29, 0.717) is 6.42 Å². The fourth-order valence-corrected chi connectivity index (χ4v) is 2.77. The first-order valence-electron chi connectivity index (χ1n) is 8.34. The van der Waals surface area contributed by atoms with Gasteiger partial charge in [0.05, 0.1) is 0 Å². The van der Waals surface area contributed by atoms with E-state index in [9.17, 15) is 4.79 Å². The van der Waals surface area contributed by atoms with E-state index in [1.807, 2.05) is 4.90 Å². The molecule has 1 amide bonds. The molecule has 1 fully saturated rings. The van der Waals surface area contributed by atoms with Gasteiger partial charge in [-0.2, -0.15) is 0 Å². The SMILES string of the molecule is CC(C)(CCc1ccccc1)NCCC(=O)N1CCNCC1.Cl. The van der Waals surface area contributed by atoms with Crippen LogP contribution in [0.25, 0.3) is 0 Å². The van der Waals surface area contributed by atoms with E-state index in [-0.39, 0.29) is 23.9 Å². The van der Waals surface area contributed by atoms with Crippen LogP contribution in [-0.4, -0.2) is 49.1 Å². The second-order valence-electron chi connectivity index (χ2n) is 6.68. The summed E-state index contributed by atoms with van der Waals surface area (Å²) in [4.78, 5) is 14.1. The monoisotopic (exact) mass is 339 g/mol. The van der Waals surface area contributed by atoms with Crippen LogP contribution in [0.1, 0.15) is 32.3 Å². The predicted octanol–water partition coefficient (Wildman–Crippen LogP) is 2.23. The van der Waals surface area contributed by atoms with Gasteiger partial charge in [0, 0.05) is 44.7 Å². The topological polar surface area (TPSA) is 44.4 Å². The van der Waals surface area contributed by atoms with Crippen LogP contribution >= 0.6 is 12.4 Å². The number of rotatable bonds is 7. The number of piperazine rings is 1. The number of nitrogens with one attached hydrogen (secondary N) is 2. The molecule has 0 spiro atoms. The normalized spacial score (nSPS) is 15.1. The number of carbonyl (C=O) groups is 1. The maximum absolute atomic E-state index is 12.1. The molecule has 1 heterocycles. The van der Waals surface area contributed by atoms with Gasteiger partial charge in [-0.25, -0.2) is 0 Å². The molecule has 0 aromatic heterocycles. The molecule has 0 unspecified atom stereocenters. The molecular weight excluding hydrogens is 310 g/mol. The van der Waals surface area contributed by atoms with Crippen LogP contribution in [-0.2, 0) is 11.2 Å². The molecule has 1 aliphatic heterocycles. The molecule has 2 rings (SSSR count). The highest BCUT2D eigenvalue weighted by atomic mass is 35.5. The second-order valence-corrected chi connectivity index (χ2v) is 6.68. The number of amides is 1. The van der Waals surface area contributed by atoms with Crippen molar-refractivity contribution in [2.24, 2.45) is 0 Å². The summed E-state index contributed by atoms with van der Waals surface area (Å²) in [6.45, 7) is 8.71. The Morgan fingerprint density at radius 2 is 1.87 bits per heavy atom. The van der Waals surface area contributed by atoms with Crippen molar-refractivity contribution in [3.63, 3.8) is 0 Å². The van der Waals surface area contributed by atoms with E-state index in [2.05, 4.69) is 54.8 Å². The zero-order chi connectivity index (χ0) is 15.8. The van der Waals surface area contributed by atoms with Crippen LogP contribution in [0.2, 0.25) is 0 Å². The molecule has 2 N–H and O–H groups in total. The third-order valence-electron chi connectivity index (χ3n) is 4.29. The summed E-state index contributed by atoms with van der Waals surface area (Å²) in [5.41, 5.74) is 1.42. The fraction of sp³-hybridized carbons (Fsp3) is 0.611. The largest absolute Gasteiger partial charge is 0.340 e. The first-order valence-corrected chi connectivity index (χ1v) is 8.34. The van der Waals surface area contributed by atoms with E-state index >= 15 is 0 Å². The molecule has 1 aromatic rings. The van der Waals surface area contributed by atoms with Crippen LogP contribution < -0.4 is 10.6 Å². The maximum Gasteiger partial charge on any atom is 0.223 e. The average Bonchev–Trinajstić information content (AvgIpc) is 2.55. The number of carbonyl (C=O) groups excluding carboxylic acids is 1. The van der Waals surface area contributed by atoms with E-state index in [0.717, 1.165) is 45.6 Å². The van der Waals surface area contributed by atoms with Gasteiger partial charge in [0.2, 0.25) is 5.91 Å². The van der Waals surface area contributed by atoms with Crippen molar-refractivity contribution in [2.45, 2.75) is 38.6 Å². The molecular formula is C18H30ClN3O. The lowest BCUT2D eigenvalue weighted by atomic mass is 9.95. The summed E-state index contributed by atoms with van der Waals surface area (Å²) >= 11 is 0. The minimum atomic E-state index is 0. The summed E-state index contributed by atoms with van der Waals surface area (Å²) in [6.07, 6.45) is 2.72. The lowest BCUT2D eigenvalue weighted by Crippen LogP contribution is -2.48. The van der Waals surface area contributed by atoms with E-state index in [1.165, 1.54) is 5.56 Å². The van der Waals surface area contributed by atoms with Crippen molar-refractivity contribution in [3.05, 3.63) is 35.9 Å². The number of benzene rings is 1. The Bertz CT molecular complexity index is 459. The third-order valence-corrected chi connectivity index (χ3v) is 4.29. The highest BCUT2D eigenvalue weighted by Gasteiger charge is 2.19. The highest BCUT2D eigenvalue weighted by molar-refractivity contribution is 5.85. The smallest absolute Gasteiger partial charge is 0.223 e. The predicted molar refractivity (Wildman–Crippen MR) is 98.2 cm³/mol. The third kappa shape index (κ3) is 7.34. The summed E-state index contributed by atoms with van der Waals surface area (Å²) in [6, 6.07) is 10.6. The Balaban J connectivity index is 0.00000264. The lowest BCUT2D eigenvalue weighted by molar-refractivity contribution is -0.131. The zero-order valence-electron chi connectivity index (χ0n) is 14.3. The zero-order valence-corrected chi connectivity index (χ0v) is 15.1. The van der Waals surface area contributed by atoms with Gasteiger partial charge in [-0.15, -0.1) is 12.4 Å². The summed E-state index contributed by atoms with van der Waals surface area (Å²) in [5.74, 6) is 0.271.